The van der Waals surface area contributed by atoms with Crippen LogP contribution in [-0.4, -0.2) is 26.4 Å². The fourth-order valence-electron chi connectivity index (χ4n) is 1.86. The molecule has 20 heavy (non-hydrogen) atoms. The van der Waals surface area contributed by atoms with Gasteiger partial charge in [0.25, 0.3) is 5.69 Å². The molecule has 0 aliphatic rings. The van der Waals surface area contributed by atoms with Gasteiger partial charge in [0.05, 0.1) is 27.2 Å². The Morgan fingerprint density at radius 2 is 2.35 bits per heavy atom. The van der Waals surface area contributed by atoms with Crippen LogP contribution in [0.2, 0.25) is 0 Å². The van der Waals surface area contributed by atoms with E-state index in [-0.39, 0.29) is 5.69 Å². The molecule has 0 atom stereocenters. The molecule has 8 heteroatoms. The molecule has 0 saturated heterocycles. The maximum atomic E-state index is 10.7. The third-order valence-electron chi connectivity index (χ3n) is 2.83. The zero-order valence-electron chi connectivity index (χ0n) is 10.4. The quantitative estimate of drug-likeness (QED) is 0.556. The number of rotatable bonds is 5. The predicted molar refractivity (Wildman–Crippen MR) is 77.1 cm³/mol. The monoisotopic (exact) mass is 289 g/mol. The Kier molecular flexibility index (Phi) is 3.30. The van der Waals surface area contributed by atoms with E-state index in [2.05, 4.69) is 20.3 Å². The molecule has 0 fully saturated rings. The number of nitro groups is 1. The second-order valence-corrected chi connectivity index (χ2v) is 4.92. The largest absolute Gasteiger partial charge is 0.355 e. The minimum Gasteiger partial charge on any atom is -0.355 e. The van der Waals surface area contributed by atoms with Crippen LogP contribution in [0, 0.1) is 10.1 Å². The topological polar surface area (TPSA) is 96.7 Å². The molecule has 2 heterocycles. The number of aromatic nitrogens is 3. The van der Waals surface area contributed by atoms with Gasteiger partial charge in [-0.05, 0) is 6.07 Å². The van der Waals surface area contributed by atoms with Crippen molar-refractivity contribution in [3.63, 3.8) is 0 Å². The molecule has 1 aromatic carbocycles. The molecule has 0 radical (unpaired) electrons. The van der Waals surface area contributed by atoms with Crippen molar-refractivity contribution in [2.24, 2.45) is 0 Å². The van der Waals surface area contributed by atoms with Crippen LogP contribution in [0.3, 0.4) is 0 Å². The van der Waals surface area contributed by atoms with Crippen molar-refractivity contribution in [1.29, 1.82) is 0 Å². The molecule has 3 rings (SSSR count). The fourth-order valence-corrected chi connectivity index (χ4v) is 2.46. The number of H-pyrrole nitrogens is 1. The van der Waals surface area contributed by atoms with E-state index in [0.717, 1.165) is 12.1 Å². The molecule has 0 unspecified atom stereocenters. The number of nitro benzene ring substituents is 1. The maximum absolute atomic E-state index is 10.7. The number of aromatic amines is 1. The van der Waals surface area contributed by atoms with Gasteiger partial charge in [0.1, 0.15) is 0 Å². The van der Waals surface area contributed by atoms with E-state index < -0.39 is 4.92 Å². The van der Waals surface area contributed by atoms with E-state index in [1.54, 1.807) is 22.9 Å². The lowest BCUT2D eigenvalue weighted by molar-refractivity contribution is -0.384. The number of hydrogen-bond acceptors (Lipinski definition) is 6. The first kappa shape index (κ1) is 12.5. The number of anilines is 1. The molecule has 0 saturated carbocycles. The van der Waals surface area contributed by atoms with Gasteiger partial charge in [0, 0.05) is 30.5 Å². The lowest BCUT2D eigenvalue weighted by Gasteiger charge is -1.99. The highest BCUT2D eigenvalue weighted by Crippen LogP contribution is 2.20. The number of hydrogen-bond donors (Lipinski definition) is 2. The summed E-state index contributed by atoms with van der Waals surface area (Å²) in [5, 5.41) is 15.9. The van der Waals surface area contributed by atoms with Crippen molar-refractivity contribution in [2.75, 3.05) is 11.9 Å². The van der Waals surface area contributed by atoms with Crippen molar-refractivity contribution in [1.82, 2.24) is 15.0 Å². The highest BCUT2D eigenvalue weighted by molar-refractivity contribution is 7.07. The summed E-state index contributed by atoms with van der Waals surface area (Å²) in [6.07, 6.45) is 0.806. The summed E-state index contributed by atoms with van der Waals surface area (Å²) in [6, 6.07) is 4.56. The van der Waals surface area contributed by atoms with Crippen LogP contribution in [0.15, 0.2) is 29.1 Å². The SMILES string of the molecule is O=[N+]([O-])c1ccc2nc(NCCc3cscn3)[nH]c2c1. The first-order chi connectivity index (χ1) is 9.72. The second kappa shape index (κ2) is 5.25. The van der Waals surface area contributed by atoms with E-state index in [9.17, 15) is 10.1 Å². The zero-order valence-corrected chi connectivity index (χ0v) is 11.2. The van der Waals surface area contributed by atoms with Crippen LogP contribution in [0.5, 0.6) is 0 Å². The molecular weight excluding hydrogens is 278 g/mol. The van der Waals surface area contributed by atoms with Crippen LogP contribution in [0.1, 0.15) is 5.69 Å². The lowest BCUT2D eigenvalue weighted by Crippen LogP contribution is -2.06. The minimum absolute atomic E-state index is 0.0511. The van der Waals surface area contributed by atoms with Crippen molar-refractivity contribution in [3.8, 4) is 0 Å². The average Bonchev–Trinajstić information content (AvgIpc) is 3.06. The van der Waals surface area contributed by atoms with Crippen molar-refractivity contribution >= 4 is 34.0 Å². The van der Waals surface area contributed by atoms with Gasteiger partial charge in [-0.3, -0.25) is 10.1 Å². The zero-order chi connectivity index (χ0) is 13.9. The number of nitrogens with one attached hydrogen (secondary N) is 2. The van der Waals surface area contributed by atoms with Gasteiger partial charge in [0.2, 0.25) is 5.95 Å². The minimum atomic E-state index is -0.421. The molecule has 3 aromatic rings. The Morgan fingerprint density at radius 1 is 1.45 bits per heavy atom. The molecule has 102 valence electrons. The van der Waals surface area contributed by atoms with Gasteiger partial charge in [-0.15, -0.1) is 11.3 Å². The summed E-state index contributed by atoms with van der Waals surface area (Å²) >= 11 is 1.57. The van der Waals surface area contributed by atoms with Crippen LogP contribution in [0.25, 0.3) is 11.0 Å². The summed E-state index contributed by atoms with van der Waals surface area (Å²) in [5.41, 5.74) is 4.24. The number of non-ortho nitro benzene ring substituents is 1. The number of fused-ring (bicyclic) bond motifs is 1. The van der Waals surface area contributed by atoms with Gasteiger partial charge >= 0.3 is 0 Å². The van der Waals surface area contributed by atoms with Crippen LogP contribution >= 0.6 is 11.3 Å². The first-order valence-corrected chi connectivity index (χ1v) is 6.92. The normalized spacial score (nSPS) is 10.8. The molecule has 2 N–H and O–H groups in total. The summed E-state index contributed by atoms with van der Waals surface area (Å²) in [6.45, 7) is 0.700. The second-order valence-electron chi connectivity index (χ2n) is 4.20. The van der Waals surface area contributed by atoms with Crippen molar-refractivity contribution in [2.45, 2.75) is 6.42 Å². The van der Waals surface area contributed by atoms with E-state index in [4.69, 9.17) is 0 Å². The highest BCUT2D eigenvalue weighted by atomic mass is 32.1. The van der Waals surface area contributed by atoms with Gasteiger partial charge in [-0.1, -0.05) is 0 Å². The Hall–Kier alpha value is -2.48. The Balaban J connectivity index is 1.70. The van der Waals surface area contributed by atoms with Crippen LogP contribution in [-0.2, 0) is 6.42 Å². The number of benzene rings is 1. The molecule has 0 bridgehead atoms. The maximum Gasteiger partial charge on any atom is 0.271 e. The number of thiazole rings is 1. The third-order valence-corrected chi connectivity index (χ3v) is 3.47. The summed E-state index contributed by atoms with van der Waals surface area (Å²) in [5.74, 6) is 0.607. The number of nitrogens with zero attached hydrogens (tertiary/aromatic N) is 3. The van der Waals surface area contributed by atoms with Gasteiger partial charge in [-0.25, -0.2) is 9.97 Å². The molecule has 0 aliphatic heterocycles. The molecule has 0 amide bonds. The average molecular weight is 289 g/mol. The van der Waals surface area contributed by atoms with E-state index in [1.807, 2.05) is 5.38 Å². The molecule has 0 aliphatic carbocycles. The van der Waals surface area contributed by atoms with E-state index >= 15 is 0 Å². The summed E-state index contributed by atoms with van der Waals surface area (Å²) in [7, 11) is 0. The van der Waals surface area contributed by atoms with E-state index in [1.165, 1.54) is 12.1 Å². The molecular formula is C12H11N5O2S. The third kappa shape index (κ3) is 2.59. The standard InChI is InChI=1S/C12H11N5O2S/c18-17(19)9-1-2-10-11(5-9)16-12(15-10)13-4-3-8-6-20-7-14-8/h1-2,5-7H,3-4H2,(H2,13,15,16). The predicted octanol–water partition coefficient (Wildman–Crippen LogP) is 2.58. The van der Waals surface area contributed by atoms with Gasteiger partial charge < -0.3 is 10.3 Å². The highest BCUT2D eigenvalue weighted by Gasteiger charge is 2.09. The Labute approximate surface area is 117 Å². The Bertz CT molecular complexity index is 737. The Morgan fingerprint density at radius 3 is 3.10 bits per heavy atom. The summed E-state index contributed by atoms with van der Waals surface area (Å²) in [4.78, 5) is 21.8. The smallest absolute Gasteiger partial charge is 0.271 e. The first-order valence-electron chi connectivity index (χ1n) is 5.97. The summed E-state index contributed by atoms with van der Waals surface area (Å²) < 4.78 is 0. The molecule has 0 spiro atoms. The lowest BCUT2D eigenvalue weighted by atomic mass is 10.3. The van der Waals surface area contributed by atoms with Gasteiger partial charge in [-0.2, -0.15) is 0 Å². The van der Waals surface area contributed by atoms with Crippen molar-refractivity contribution < 1.29 is 4.92 Å². The molecule has 2 aromatic heterocycles. The molecule has 7 nitrogen and oxygen atoms in total. The fraction of sp³-hybridized carbons (Fsp3) is 0.167. The number of imidazole rings is 1. The van der Waals surface area contributed by atoms with Crippen LogP contribution < -0.4 is 5.32 Å². The van der Waals surface area contributed by atoms with Crippen molar-refractivity contribution in [3.05, 3.63) is 44.9 Å². The van der Waals surface area contributed by atoms with E-state index in [0.29, 0.717) is 23.5 Å². The van der Waals surface area contributed by atoms with Crippen LogP contribution in [0.4, 0.5) is 11.6 Å². The van der Waals surface area contributed by atoms with Gasteiger partial charge in [0.15, 0.2) is 0 Å².